The van der Waals surface area contributed by atoms with Crippen molar-refractivity contribution < 1.29 is 0 Å². The summed E-state index contributed by atoms with van der Waals surface area (Å²) in [6.45, 7) is 3.20. The molecule has 0 bridgehead atoms. The second kappa shape index (κ2) is 4.19. The van der Waals surface area contributed by atoms with Gasteiger partial charge in [0, 0.05) is 11.9 Å². The van der Waals surface area contributed by atoms with Crippen molar-refractivity contribution in [3.63, 3.8) is 0 Å². The van der Waals surface area contributed by atoms with Crippen molar-refractivity contribution in [2.45, 2.75) is 13.5 Å². The van der Waals surface area contributed by atoms with E-state index in [1.807, 2.05) is 24.3 Å². The summed E-state index contributed by atoms with van der Waals surface area (Å²) in [5.41, 5.74) is 1.05. The zero-order valence-electron chi connectivity index (χ0n) is 7.24. The Morgan fingerprint density at radius 2 is 2.50 bits per heavy atom. The average molecular weight is 181 g/mol. The molecule has 0 radical (unpaired) electrons. The number of rotatable bonds is 3. The molecular weight excluding hydrogens is 170 g/mol. The molecule has 0 saturated carbocycles. The molecule has 0 atom stereocenters. The molecule has 1 aromatic rings. The molecule has 0 amide bonds. The number of hydrogen-bond donors (Lipinski definition) is 0. The van der Waals surface area contributed by atoms with Crippen LogP contribution in [-0.4, -0.2) is 23.5 Å². The summed E-state index contributed by atoms with van der Waals surface area (Å²) in [4.78, 5) is 6.24. The Kier molecular flexibility index (Phi) is 3.20. The highest BCUT2D eigenvalue weighted by Gasteiger charge is 2.01. The summed E-state index contributed by atoms with van der Waals surface area (Å²) < 4.78 is 0. The van der Waals surface area contributed by atoms with Gasteiger partial charge in [0.05, 0.1) is 23.3 Å². The largest absolute Gasteiger partial charge is 0.288 e. The monoisotopic (exact) mass is 181 g/mol. The van der Waals surface area contributed by atoms with Gasteiger partial charge in [-0.05, 0) is 14.0 Å². The van der Waals surface area contributed by atoms with Gasteiger partial charge in [-0.15, -0.1) is 11.3 Å². The predicted molar refractivity (Wildman–Crippen MR) is 48.8 cm³/mol. The van der Waals surface area contributed by atoms with Crippen molar-refractivity contribution in [1.82, 2.24) is 9.88 Å². The Hall–Kier alpha value is -0.920. The van der Waals surface area contributed by atoms with E-state index < -0.39 is 0 Å². The lowest BCUT2D eigenvalue weighted by molar-refractivity contribution is 0.363. The fraction of sp³-hybridized carbons (Fsp3) is 0.500. The summed E-state index contributed by atoms with van der Waals surface area (Å²) in [6, 6.07) is 2.10. The third kappa shape index (κ3) is 2.61. The van der Waals surface area contributed by atoms with Crippen LogP contribution in [0.15, 0.2) is 5.38 Å². The van der Waals surface area contributed by atoms with E-state index in [1.165, 1.54) is 0 Å². The molecule has 1 rings (SSSR count). The Morgan fingerprint density at radius 3 is 3.00 bits per heavy atom. The molecule has 0 unspecified atom stereocenters. The quantitative estimate of drug-likeness (QED) is 0.662. The minimum absolute atomic E-state index is 0.455. The normalized spacial score (nSPS) is 10.2. The molecule has 1 aromatic heterocycles. The molecule has 0 spiro atoms. The van der Waals surface area contributed by atoms with Gasteiger partial charge in [0.15, 0.2) is 0 Å². The molecule has 0 saturated heterocycles. The fourth-order valence-electron chi connectivity index (χ4n) is 0.934. The lowest BCUT2D eigenvalue weighted by atomic mass is 10.4. The van der Waals surface area contributed by atoms with Gasteiger partial charge in [-0.2, -0.15) is 5.26 Å². The van der Waals surface area contributed by atoms with Crippen LogP contribution >= 0.6 is 11.3 Å². The minimum atomic E-state index is 0.455. The summed E-state index contributed by atoms with van der Waals surface area (Å²) >= 11 is 1.64. The van der Waals surface area contributed by atoms with Crippen LogP contribution in [0.5, 0.6) is 0 Å². The highest BCUT2D eigenvalue weighted by molar-refractivity contribution is 7.09. The fourth-order valence-corrected chi connectivity index (χ4v) is 1.54. The molecule has 4 heteroatoms. The molecule has 1 heterocycles. The van der Waals surface area contributed by atoms with E-state index in [4.69, 9.17) is 5.26 Å². The second-order valence-corrected chi connectivity index (χ2v) is 3.75. The lowest BCUT2D eigenvalue weighted by Crippen LogP contribution is -2.17. The van der Waals surface area contributed by atoms with Gasteiger partial charge in [-0.25, -0.2) is 4.98 Å². The van der Waals surface area contributed by atoms with Gasteiger partial charge in [-0.3, -0.25) is 4.90 Å². The van der Waals surface area contributed by atoms with Gasteiger partial charge in [0.25, 0.3) is 0 Å². The molecular formula is C8H11N3S. The SMILES string of the molecule is Cc1nc(CN(C)CC#N)cs1. The van der Waals surface area contributed by atoms with Crippen LogP contribution in [-0.2, 0) is 6.54 Å². The lowest BCUT2D eigenvalue weighted by Gasteiger charge is -2.08. The Morgan fingerprint density at radius 1 is 1.75 bits per heavy atom. The minimum Gasteiger partial charge on any atom is -0.288 e. The molecule has 0 aromatic carbocycles. The molecule has 0 aliphatic rings. The van der Waals surface area contributed by atoms with Crippen molar-refractivity contribution >= 4 is 11.3 Å². The molecule has 0 N–H and O–H groups in total. The number of nitrogens with zero attached hydrogens (tertiary/aromatic N) is 3. The van der Waals surface area contributed by atoms with E-state index in [2.05, 4.69) is 11.1 Å². The third-order valence-electron chi connectivity index (χ3n) is 1.44. The van der Waals surface area contributed by atoms with Crippen molar-refractivity contribution in [2.24, 2.45) is 0 Å². The maximum absolute atomic E-state index is 8.41. The summed E-state index contributed by atoms with van der Waals surface area (Å²) in [5, 5.41) is 11.5. The van der Waals surface area contributed by atoms with Crippen molar-refractivity contribution in [2.75, 3.05) is 13.6 Å². The Bertz CT molecular complexity index is 287. The topological polar surface area (TPSA) is 39.9 Å². The van der Waals surface area contributed by atoms with Crippen LogP contribution in [0.25, 0.3) is 0 Å². The van der Waals surface area contributed by atoms with Gasteiger partial charge >= 0.3 is 0 Å². The van der Waals surface area contributed by atoms with Crippen molar-refractivity contribution in [3.8, 4) is 6.07 Å². The van der Waals surface area contributed by atoms with Gasteiger partial charge in [0.1, 0.15) is 0 Å². The molecule has 3 nitrogen and oxygen atoms in total. The highest BCUT2D eigenvalue weighted by atomic mass is 32.1. The van der Waals surface area contributed by atoms with E-state index in [9.17, 15) is 0 Å². The zero-order chi connectivity index (χ0) is 8.97. The van der Waals surface area contributed by atoms with Gasteiger partial charge in [-0.1, -0.05) is 0 Å². The molecule has 0 aliphatic carbocycles. The van der Waals surface area contributed by atoms with E-state index in [-0.39, 0.29) is 0 Å². The number of nitriles is 1. The van der Waals surface area contributed by atoms with E-state index >= 15 is 0 Å². The van der Waals surface area contributed by atoms with Crippen LogP contribution in [0.3, 0.4) is 0 Å². The van der Waals surface area contributed by atoms with Crippen molar-refractivity contribution in [3.05, 3.63) is 16.1 Å². The first kappa shape index (κ1) is 9.17. The van der Waals surface area contributed by atoms with Gasteiger partial charge < -0.3 is 0 Å². The maximum Gasteiger partial charge on any atom is 0.0897 e. The first-order chi connectivity index (χ1) is 5.72. The van der Waals surface area contributed by atoms with Crippen LogP contribution in [0.1, 0.15) is 10.7 Å². The Balaban J connectivity index is 2.47. The maximum atomic E-state index is 8.41. The number of hydrogen-bond acceptors (Lipinski definition) is 4. The first-order valence-electron chi connectivity index (χ1n) is 3.69. The molecule has 0 fully saturated rings. The van der Waals surface area contributed by atoms with Crippen molar-refractivity contribution in [1.29, 1.82) is 5.26 Å². The van der Waals surface area contributed by atoms with Gasteiger partial charge in [0.2, 0.25) is 0 Å². The van der Waals surface area contributed by atoms with Crippen LogP contribution < -0.4 is 0 Å². The molecule has 64 valence electrons. The third-order valence-corrected chi connectivity index (χ3v) is 2.26. The Labute approximate surface area is 76.3 Å². The molecule has 0 aliphatic heterocycles. The zero-order valence-corrected chi connectivity index (χ0v) is 8.06. The summed E-state index contributed by atoms with van der Waals surface area (Å²) in [6.07, 6.45) is 0. The summed E-state index contributed by atoms with van der Waals surface area (Å²) in [5.74, 6) is 0. The predicted octanol–water partition coefficient (Wildman–Crippen LogP) is 1.41. The number of aromatic nitrogens is 1. The summed E-state index contributed by atoms with van der Waals surface area (Å²) in [7, 11) is 1.91. The van der Waals surface area contributed by atoms with E-state index in [0.29, 0.717) is 6.54 Å². The highest BCUT2D eigenvalue weighted by Crippen LogP contribution is 2.09. The molecule has 12 heavy (non-hydrogen) atoms. The second-order valence-electron chi connectivity index (χ2n) is 2.69. The standard InChI is InChI=1S/C8H11N3S/c1-7-10-8(6-12-7)5-11(2)4-3-9/h6H,4-5H2,1-2H3. The number of thiazole rings is 1. The van der Waals surface area contributed by atoms with Crippen LogP contribution in [0, 0.1) is 18.3 Å². The number of aryl methyl sites for hydroxylation is 1. The smallest absolute Gasteiger partial charge is 0.0897 e. The van der Waals surface area contributed by atoms with Crippen LogP contribution in [0.4, 0.5) is 0 Å². The van der Waals surface area contributed by atoms with E-state index in [0.717, 1.165) is 17.2 Å². The first-order valence-corrected chi connectivity index (χ1v) is 4.57. The average Bonchev–Trinajstić information content (AvgIpc) is 2.36. The van der Waals surface area contributed by atoms with Crippen LogP contribution in [0.2, 0.25) is 0 Å². The van der Waals surface area contributed by atoms with E-state index in [1.54, 1.807) is 11.3 Å².